The zero-order valence-electron chi connectivity index (χ0n) is 13.3. The third-order valence-electron chi connectivity index (χ3n) is 3.89. The Bertz CT molecular complexity index is 840. The number of benzene rings is 2. The first-order valence-corrected chi connectivity index (χ1v) is 7.98. The van der Waals surface area contributed by atoms with Crippen LogP contribution in [0.25, 0.3) is 10.9 Å². The quantitative estimate of drug-likeness (QED) is 0.708. The minimum atomic E-state index is -0.757. The van der Waals surface area contributed by atoms with Gasteiger partial charge in [-0.25, -0.2) is 0 Å². The fourth-order valence-electron chi connectivity index (χ4n) is 2.68. The van der Waals surface area contributed by atoms with Gasteiger partial charge in [-0.05, 0) is 42.7 Å². The summed E-state index contributed by atoms with van der Waals surface area (Å²) >= 11 is 0. The molecular weight excluding hydrogens is 302 g/mol. The van der Waals surface area contributed by atoms with Crippen molar-refractivity contribution in [2.45, 2.75) is 25.9 Å². The Labute approximate surface area is 140 Å². The molecule has 3 rings (SSSR count). The molecular formula is C20H19NO3. The summed E-state index contributed by atoms with van der Waals surface area (Å²) in [5.74, 6) is 0.0377. The Hall–Kier alpha value is -2.88. The molecule has 0 aliphatic heterocycles. The Morgan fingerprint density at radius 1 is 1.08 bits per heavy atom. The van der Waals surface area contributed by atoms with E-state index in [0.717, 1.165) is 34.2 Å². The van der Waals surface area contributed by atoms with Gasteiger partial charge < -0.3 is 9.84 Å². The van der Waals surface area contributed by atoms with E-state index in [1.54, 1.807) is 6.20 Å². The zero-order valence-corrected chi connectivity index (χ0v) is 13.3. The number of hydrogen-bond acceptors (Lipinski definition) is 3. The molecule has 0 saturated heterocycles. The van der Waals surface area contributed by atoms with E-state index in [4.69, 9.17) is 9.84 Å². The van der Waals surface area contributed by atoms with Gasteiger partial charge in [0.2, 0.25) is 0 Å². The molecule has 0 aliphatic carbocycles. The molecule has 1 N–H and O–H groups in total. The molecule has 0 unspecified atom stereocenters. The third kappa shape index (κ3) is 4.10. The lowest BCUT2D eigenvalue weighted by molar-refractivity contribution is -0.137. The standard InChI is InChI=1S/C20H19NO3/c22-20(23)10-4-6-15-5-3-7-17(13-15)24-14-16-11-12-21-19-9-2-1-8-18(16)19/h1-3,5,7-9,11-13H,4,6,10,14H2,(H,22,23). The first kappa shape index (κ1) is 16.0. The maximum atomic E-state index is 10.6. The maximum absolute atomic E-state index is 10.6. The van der Waals surface area contributed by atoms with Gasteiger partial charge in [0.25, 0.3) is 0 Å². The van der Waals surface area contributed by atoms with Gasteiger partial charge >= 0.3 is 5.97 Å². The van der Waals surface area contributed by atoms with Gasteiger partial charge in [0, 0.05) is 23.6 Å². The van der Waals surface area contributed by atoms with Gasteiger partial charge in [-0.3, -0.25) is 9.78 Å². The van der Waals surface area contributed by atoms with E-state index in [2.05, 4.69) is 4.98 Å². The van der Waals surface area contributed by atoms with Crippen molar-refractivity contribution in [2.75, 3.05) is 0 Å². The number of carbonyl (C=O) groups is 1. The van der Waals surface area contributed by atoms with Crippen molar-refractivity contribution < 1.29 is 14.6 Å². The van der Waals surface area contributed by atoms with E-state index in [0.29, 0.717) is 13.0 Å². The first-order valence-electron chi connectivity index (χ1n) is 7.98. The lowest BCUT2D eigenvalue weighted by Crippen LogP contribution is -1.98. The summed E-state index contributed by atoms with van der Waals surface area (Å²) in [4.78, 5) is 14.9. The minimum absolute atomic E-state index is 0.189. The molecule has 0 aliphatic rings. The summed E-state index contributed by atoms with van der Waals surface area (Å²) in [5.41, 5.74) is 3.14. The van der Waals surface area contributed by atoms with Crippen LogP contribution in [0.4, 0.5) is 0 Å². The molecule has 0 saturated carbocycles. The number of nitrogens with zero attached hydrogens (tertiary/aromatic N) is 1. The summed E-state index contributed by atoms with van der Waals surface area (Å²) in [6.45, 7) is 0.474. The van der Waals surface area contributed by atoms with Gasteiger partial charge in [0.05, 0.1) is 5.52 Å². The van der Waals surface area contributed by atoms with E-state index in [1.807, 2.05) is 54.6 Å². The monoisotopic (exact) mass is 321 g/mol. The van der Waals surface area contributed by atoms with Crippen LogP contribution < -0.4 is 4.74 Å². The lowest BCUT2D eigenvalue weighted by atomic mass is 10.1. The fraction of sp³-hybridized carbons (Fsp3) is 0.200. The minimum Gasteiger partial charge on any atom is -0.489 e. The SMILES string of the molecule is O=C(O)CCCc1cccc(OCc2ccnc3ccccc23)c1. The molecule has 122 valence electrons. The summed E-state index contributed by atoms with van der Waals surface area (Å²) in [5, 5.41) is 9.81. The molecule has 0 radical (unpaired) electrons. The third-order valence-corrected chi connectivity index (χ3v) is 3.89. The Kier molecular flexibility index (Phi) is 5.06. The molecule has 4 nitrogen and oxygen atoms in total. The van der Waals surface area contributed by atoms with Crippen LogP contribution in [0, 0.1) is 0 Å². The number of carboxylic acid groups (broad SMARTS) is 1. The van der Waals surface area contributed by atoms with E-state index in [1.165, 1.54) is 0 Å². The summed E-state index contributed by atoms with van der Waals surface area (Å²) in [7, 11) is 0. The molecule has 0 bridgehead atoms. The van der Waals surface area contributed by atoms with Crippen LogP contribution in [0.1, 0.15) is 24.0 Å². The zero-order chi connectivity index (χ0) is 16.8. The molecule has 1 heterocycles. The van der Waals surface area contributed by atoms with Gasteiger partial charge in [0.15, 0.2) is 0 Å². The Morgan fingerprint density at radius 3 is 2.83 bits per heavy atom. The van der Waals surface area contributed by atoms with Crippen LogP contribution in [-0.2, 0) is 17.8 Å². The highest BCUT2D eigenvalue weighted by atomic mass is 16.5. The summed E-state index contributed by atoms with van der Waals surface area (Å²) in [6.07, 6.45) is 3.35. The number of aryl methyl sites for hydroxylation is 1. The molecule has 0 fully saturated rings. The number of hydrogen-bond donors (Lipinski definition) is 1. The van der Waals surface area contributed by atoms with Crippen LogP contribution >= 0.6 is 0 Å². The van der Waals surface area contributed by atoms with Gasteiger partial charge in [-0.1, -0.05) is 30.3 Å². The van der Waals surface area contributed by atoms with Crippen LogP contribution in [0.2, 0.25) is 0 Å². The molecule has 24 heavy (non-hydrogen) atoms. The molecule has 4 heteroatoms. The van der Waals surface area contributed by atoms with Gasteiger partial charge in [0.1, 0.15) is 12.4 Å². The Balaban J connectivity index is 1.67. The number of para-hydroxylation sites is 1. The second-order valence-electron chi connectivity index (χ2n) is 5.67. The molecule has 0 amide bonds. The molecule has 0 atom stereocenters. The van der Waals surface area contributed by atoms with Crippen molar-refractivity contribution in [1.82, 2.24) is 4.98 Å². The van der Waals surface area contributed by atoms with E-state index >= 15 is 0 Å². The van der Waals surface area contributed by atoms with Crippen LogP contribution in [-0.4, -0.2) is 16.1 Å². The number of aliphatic carboxylic acids is 1. The maximum Gasteiger partial charge on any atom is 0.303 e. The second kappa shape index (κ2) is 7.59. The van der Waals surface area contributed by atoms with Crippen LogP contribution in [0.15, 0.2) is 60.8 Å². The molecule has 2 aromatic carbocycles. The summed E-state index contributed by atoms with van der Waals surface area (Å²) in [6, 6.07) is 17.8. The number of rotatable bonds is 7. The highest BCUT2D eigenvalue weighted by Crippen LogP contribution is 2.20. The van der Waals surface area contributed by atoms with Gasteiger partial charge in [-0.15, -0.1) is 0 Å². The average molecular weight is 321 g/mol. The Morgan fingerprint density at radius 2 is 1.96 bits per heavy atom. The lowest BCUT2D eigenvalue weighted by Gasteiger charge is -2.10. The molecule has 0 spiro atoms. The number of fused-ring (bicyclic) bond motifs is 1. The number of aromatic nitrogens is 1. The highest BCUT2D eigenvalue weighted by Gasteiger charge is 2.04. The van der Waals surface area contributed by atoms with E-state index in [9.17, 15) is 4.79 Å². The number of pyridine rings is 1. The van der Waals surface area contributed by atoms with Crippen molar-refractivity contribution in [2.24, 2.45) is 0 Å². The van der Waals surface area contributed by atoms with E-state index in [-0.39, 0.29) is 6.42 Å². The predicted molar refractivity (Wildman–Crippen MR) is 93.1 cm³/mol. The topological polar surface area (TPSA) is 59.4 Å². The van der Waals surface area contributed by atoms with Crippen LogP contribution in [0.3, 0.4) is 0 Å². The molecule has 3 aromatic rings. The average Bonchev–Trinajstić information content (AvgIpc) is 2.60. The number of ether oxygens (including phenoxy) is 1. The fourth-order valence-corrected chi connectivity index (χ4v) is 2.68. The summed E-state index contributed by atoms with van der Waals surface area (Å²) < 4.78 is 5.92. The van der Waals surface area contributed by atoms with Crippen molar-refractivity contribution in [3.05, 3.63) is 71.9 Å². The van der Waals surface area contributed by atoms with Crippen molar-refractivity contribution in [3.8, 4) is 5.75 Å². The smallest absolute Gasteiger partial charge is 0.303 e. The van der Waals surface area contributed by atoms with Crippen LogP contribution in [0.5, 0.6) is 5.75 Å². The number of carboxylic acids is 1. The van der Waals surface area contributed by atoms with Crippen molar-refractivity contribution >= 4 is 16.9 Å². The van der Waals surface area contributed by atoms with E-state index < -0.39 is 5.97 Å². The normalized spacial score (nSPS) is 10.7. The van der Waals surface area contributed by atoms with Gasteiger partial charge in [-0.2, -0.15) is 0 Å². The first-order chi connectivity index (χ1) is 11.7. The largest absolute Gasteiger partial charge is 0.489 e. The second-order valence-corrected chi connectivity index (χ2v) is 5.67. The highest BCUT2D eigenvalue weighted by molar-refractivity contribution is 5.81. The van der Waals surface area contributed by atoms with Crippen molar-refractivity contribution in [1.29, 1.82) is 0 Å². The van der Waals surface area contributed by atoms with Crippen molar-refractivity contribution in [3.63, 3.8) is 0 Å². The predicted octanol–water partition coefficient (Wildman–Crippen LogP) is 4.22. The molecule has 1 aromatic heterocycles.